The summed E-state index contributed by atoms with van der Waals surface area (Å²) in [5.41, 5.74) is 5.19. The molecular weight excluding hydrogens is 438 g/mol. The number of ether oxygens (including phenoxy) is 1. The molecule has 2 aliphatic heterocycles. The molecule has 1 N–H and O–H groups in total. The SMILES string of the molecule is C/C(=C\c1ccccc1O)CC[C@H]1OC[C@H]2C1=C(C(C)C)C[C@H]1C(=O)N(c3ccccc3)C(=O)[C@H]12. The summed E-state index contributed by atoms with van der Waals surface area (Å²) >= 11 is 0. The van der Waals surface area contributed by atoms with E-state index in [0.29, 0.717) is 24.6 Å². The van der Waals surface area contributed by atoms with Crippen LogP contribution in [0.25, 0.3) is 6.08 Å². The van der Waals surface area contributed by atoms with E-state index in [1.165, 1.54) is 21.6 Å². The lowest BCUT2D eigenvalue weighted by Crippen LogP contribution is -2.35. The van der Waals surface area contributed by atoms with Gasteiger partial charge in [-0.25, -0.2) is 0 Å². The Morgan fingerprint density at radius 1 is 1.06 bits per heavy atom. The Hall–Kier alpha value is -3.18. The molecule has 0 unspecified atom stereocenters. The molecule has 2 heterocycles. The molecule has 2 aromatic rings. The molecule has 2 aromatic carbocycles. The summed E-state index contributed by atoms with van der Waals surface area (Å²) in [4.78, 5) is 28.4. The first kappa shape index (κ1) is 23.6. The van der Waals surface area contributed by atoms with Crippen molar-refractivity contribution in [3.8, 4) is 5.75 Å². The average Bonchev–Trinajstić information content (AvgIpc) is 3.37. The predicted octanol–water partition coefficient (Wildman–Crippen LogP) is 5.75. The van der Waals surface area contributed by atoms with Crippen LogP contribution in [0.4, 0.5) is 5.69 Å². The van der Waals surface area contributed by atoms with Gasteiger partial charge < -0.3 is 9.84 Å². The molecule has 182 valence electrons. The maximum absolute atomic E-state index is 13.6. The number of hydrogen-bond donors (Lipinski definition) is 1. The number of allylic oxidation sites excluding steroid dienone is 2. The van der Waals surface area contributed by atoms with Crippen molar-refractivity contribution in [2.24, 2.45) is 23.7 Å². The minimum atomic E-state index is -0.344. The third kappa shape index (κ3) is 4.23. The number of phenols is 1. The van der Waals surface area contributed by atoms with Crippen molar-refractivity contribution in [3.63, 3.8) is 0 Å². The first-order chi connectivity index (χ1) is 16.9. The first-order valence-corrected chi connectivity index (χ1v) is 12.6. The molecule has 0 radical (unpaired) electrons. The molecule has 5 nitrogen and oxygen atoms in total. The normalized spacial score (nSPS) is 26.5. The van der Waals surface area contributed by atoms with Crippen LogP contribution in [0.2, 0.25) is 0 Å². The number of nitrogens with zero attached hydrogens (tertiary/aromatic N) is 1. The highest BCUT2D eigenvalue weighted by Crippen LogP contribution is 2.51. The van der Waals surface area contributed by atoms with Crippen LogP contribution >= 0.6 is 0 Å². The minimum absolute atomic E-state index is 0.0382. The van der Waals surface area contributed by atoms with E-state index in [4.69, 9.17) is 4.74 Å². The van der Waals surface area contributed by atoms with E-state index in [2.05, 4.69) is 20.8 Å². The summed E-state index contributed by atoms with van der Waals surface area (Å²) in [6, 6.07) is 16.6. The van der Waals surface area contributed by atoms with E-state index in [-0.39, 0.29) is 41.4 Å². The second kappa shape index (κ2) is 9.46. The van der Waals surface area contributed by atoms with E-state index in [9.17, 15) is 14.7 Å². The number of carbonyl (C=O) groups is 2. The van der Waals surface area contributed by atoms with Crippen molar-refractivity contribution >= 4 is 23.6 Å². The van der Waals surface area contributed by atoms with E-state index >= 15 is 0 Å². The Labute approximate surface area is 207 Å². The molecule has 0 bridgehead atoms. The quantitative estimate of drug-likeness (QED) is 0.430. The van der Waals surface area contributed by atoms with Gasteiger partial charge in [0.15, 0.2) is 0 Å². The minimum Gasteiger partial charge on any atom is -0.507 e. The third-order valence-corrected chi connectivity index (χ3v) is 7.79. The first-order valence-electron chi connectivity index (χ1n) is 12.6. The number of fused-ring (bicyclic) bond motifs is 3. The van der Waals surface area contributed by atoms with Crippen LogP contribution in [0.3, 0.4) is 0 Å². The summed E-state index contributed by atoms with van der Waals surface area (Å²) < 4.78 is 6.32. The molecule has 35 heavy (non-hydrogen) atoms. The number of imide groups is 1. The topological polar surface area (TPSA) is 66.8 Å². The number of para-hydroxylation sites is 2. The molecule has 5 rings (SSSR count). The van der Waals surface area contributed by atoms with Gasteiger partial charge in [-0.2, -0.15) is 0 Å². The fourth-order valence-electron chi connectivity index (χ4n) is 6.10. The summed E-state index contributed by atoms with van der Waals surface area (Å²) in [5.74, 6) is -0.278. The summed E-state index contributed by atoms with van der Waals surface area (Å²) in [5, 5.41) is 10.1. The Morgan fingerprint density at radius 2 is 1.77 bits per heavy atom. The Morgan fingerprint density at radius 3 is 2.49 bits per heavy atom. The van der Waals surface area contributed by atoms with Crippen LogP contribution in [0.1, 0.15) is 45.6 Å². The zero-order chi connectivity index (χ0) is 24.7. The molecule has 5 heteroatoms. The number of phenolic OH excluding ortho intramolecular Hbond substituents is 1. The van der Waals surface area contributed by atoms with E-state index in [1.54, 1.807) is 6.07 Å². The standard InChI is InChI=1S/C30H33NO4/c1-18(2)22-16-23-28(30(34)31(29(23)33)21-10-5-4-6-11-21)24-17-35-26(27(22)24)14-13-19(3)15-20-9-7-8-12-25(20)32/h4-12,15,18,23-24,26,28,32H,13-14,16-17H2,1-3H3/b19-15+/t23-,24+,26-,28-/m1/s1. The summed E-state index contributed by atoms with van der Waals surface area (Å²) in [6.07, 6.45) is 4.26. The predicted molar refractivity (Wildman–Crippen MR) is 137 cm³/mol. The Balaban J connectivity index is 1.39. The van der Waals surface area contributed by atoms with Gasteiger partial charge >= 0.3 is 0 Å². The number of rotatable bonds is 6. The monoisotopic (exact) mass is 471 g/mol. The van der Waals surface area contributed by atoms with Gasteiger partial charge in [0.1, 0.15) is 5.75 Å². The average molecular weight is 472 g/mol. The van der Waals surface area contributed by atoms with Crippen molar-refractivity contribution in [2.45, 2.75) is 46.1 Å². The highest BCUT2D eigenvalue weighted by Gasteiger charge is 2.57. The molecule has 3 aliphatic rings. The van der Waals surface area contributed by atoms with Gasteiger partial charge in [-0.15, -0.1) is 0 Å². The van der Waals surface area contributed by atoms with Gasteiger partial charge in [-0.3, -0.25) is 14.5 Å². The van der Waals surface area contributed by atoms with Crippen molar-refractivity contribution in [1.29, 1.82) is 0 Å². The van der Waals surface area contributed by atoms with E-state index < -0.39 is 0 Å². The van der Waals surface area contributed by atoms with Crippen molar-refractivity contribution < 1.29 is 19.4 Å². The van der Waals surface area contributed by atoms with E-state index in [0.717, 1.165) is 18.4 Å². The zero-order valence-corrected chi connectivity index (χ0v) is 20.6. The maximum atomic E-state index is 13.6. The smallest absolute Gasteiger partial charge is 0.238 e. The Kier molecular flexibility index (Phi) is 6.37. The van der Waals surface area contributed by atoms with Gasteiger partial charge in [0.25, 0.3) is 0 Å². The van der Waals surface area contributed by atoms with Crippen LogP contribution in [0.15, 0.2) is 71.3 Å². The third-order valence-electron chi connectivity index (χ3n) is 7.79. The number of hydrogen-bond acceptors (Lipinski definition) is 4. The van der Waals surface area contributed by atoms with Crippen molar-refractivity contribution in [2.75, 3.05) is 11.5 Å². The molecule has 0 saturated carbocycles. The fourth-order valence-corrected chi connectivity index (χ4v) is 6.10. The second-order valence-electron chi connectivity index (χ2n) is 10.3. The molecule has 2 amide bonds. The summed E-state index contributed by atoms with van der Waals surface area (Å²) in [6.45, 7) is 6.91. The number of aromatic hydroxyl groups is 1. The molecule has 2 fully saturated rings. The van der Waals surface area contributed by atoms with Gasteiger partial charge in [-0.1, -0.05) is 67.5 Å². The lowest BCUT2D eigenvalue weighted by molar-refractivity contribution is -0.122. The highest BCUT2D eigenvalue weighted by molar-refractivity contribution is 6.22. The van der Waals surface area contributed by atoms with Crippen LogP contribution in [0.5, 0.6) is 5.75 Å². The van der Waals surface area contributed by atoms with Crippen LogP contribution in [-0.2, 0) is 14.3 Å². The highest BCUT2D eigenvalue weighted by atomic mass is 16.5. The largest absolute Gasteiger partial charge is 0.507 e. The summed E-state index contributed by atoms with van der Waals surface area (Å²) in [7, 11) is 0. The van der Waals surface area contributed by atoms with Gasteiger partial charge in [0, 0.05) is 11.5 Å². The molecule has 0 aromatic heterocycles. The molecule has 4 atom stereocenters. The molecular formula is C30H33NO4. The molecule has 0 spiro atoms. The maximum Gasteiger partial charge on any atom is 0.238 e. The van der Waals surface area contributed by atoms with Crippen LogP contribution in [-0.4, -0.2) is 29.6 Å². The van der Waals surface area contributed by atoms with Crippen LogP contribution in [0, 0.1) is 23.7 Å². The lowest BCUT2D eigenvalue weighted by Gasteiger charge is -2.33. The number of amides is 2. The fraction of sp³-hybridized carbons (Fsp3) is 0.400. The van der Waals surface area contributed by atoms with Crippen molar-refractivity contribution in [3.05, 3.63) is 76.9 Å². The molecule has 2 saturated heterocycles. The Bertz CT molecular complexity index is 1200. The second-order valence-corrected chi connectivity index (χ2v) is 10.3. The zero-order valence-electron chi connectivity index (χ0n) is 20.6. The number of anilines is 1. The van der Waals surface area contributed by atoms with Gasteiger partial charge in [0.2, 0.25) is 11.8 Å². The van der Waals surface area contributed by atoms with Crippen LogP contribution < -0.4 is 4.90 Å². The molecule has 1 aliphatic carbocycles. The number of benzene rings is 2. The van der Waals surface area contributed by atoms with Gasteiger partial charge in [0.05, 0.1) is 30.2 Å². The van der Waals surface area contributed by atoms with Gasteiger partial charge in [-0.05, 0) is 55.9 Å². The van der Waals surface area contributed by atoms with E-state index in [1.807, 2.05) is 54.6 Å². The number of carbonyl (C=O) groups excluding carboxylic acids is 2. The van der Waals surface area contributed by atoms with Crippen molar-refractivity contribution in [1.82, 2.24) is 0 Å². The lowest BCUT2D eigenvalue weighted by atomic mass is 9.67.